The summed E-state index contributed by atoms with van der Waals surface area (Å²) in [4.78, 5) is 32.2. The monoisotopic (exact) mass is 473 g/mol. The number of amides is 1. The van der Waals surface area contributed by atoms with Gasteiger partial charge in [-0.25, -0.2) is 9.78 Å². The van der Waals surface area contributed by atoms with Crippen LogP contribution in [0.1, 0.15) is 28.7 Å². The van der Waals surface area contributed by atoms with Gasteiger partial charge in [-0.05, 0) is 53.6 Å². The number of hydrogen-bond acceptors (Lipinski definition) is 7. The van der Waals surface area contributed by atoms with E-state index in [2.05, 4.69) is 25.5 Å². The number of aromatic carboxylic acids is 1. The van der Waals surface area contributed by atoms with Crippen molar-refractivity contribution >= 4 is 74.8 Å². The van der Waals surface area contributed by atoms with Crippen molar-refractivity contribution in [2.75, 3.05) is 5.32 Å². The van der Waals surface area contributed by atoms with Crippen LogP contribution in [0.4, 0.5) is 5.69 Å². The molecule has 31 heavy (non-hydrogen) atoms. The Kier molecular flexibility index (Phi) is 5.90. The van der Waals surface area contributed by atoms with Crippen LogP contribution in [0.15, 0.2) is 40.2 Å². The number of rotatable bonds is 4. The molecule has 0 fully saturated rings. The molecule has 156 valence electrons. The van der Waals surface area contributed by atoms with E-state index in [1.54, 1.807) is 36.4 Å². The summed E-state index contributed by atoms with van der Waals surface area (Å²) in [5.74, 6) is -2.06. The Labute approximate surface area is 190 Å². The van der Waals surface area contributed by atoms with Crippen molar-refractivity contribution in [3.05, 3.63) is 62.2 Å². The predicted molar refractivity (Wildman–Crippen MR) is 122 cm³/mol. The van der Waals surface area contributed by atoms with E-state index in [1.807, 2.05) is 6.92 Å². The maximum atomic E-state index is 12.5. The summed E-state index contributed by atoms with van der Waals surface area (Å²) >= 11 is 13.5. The molecule has 3 aromatic rings. The number of benzene rings is 2. The van der Waals surface area contributed by atoms with Gasteiger partial charge in [-0.1, -0.05) is 42.3 Å². The minimum absolute atomic E-state index is 0.349. The number of aryl methyl sites for hydroxylation is 1. The van der Waals surface area contributed by atoms with Crippen molar-refractivity contribution in [2.24, 2.45) is 4.99 Å². The Morgan fingerprint density at radius 3 is 2.61 bits per heavy atom. The summed E-state index contributed by atoms with van der Waals surface area (Å²) in [5.41, 5.74) is 2.85. The molecule has 0 saturated carbocycles. The molecule has 1 aromatic heterocycles. The highest BCUT2D eigenvalue weighted by Gasteiger charge is 2.24. The number of fused-ring (bicyclic) bond motifs is 1. The number of thioether (sulfide) groups is 1. The van der Waals surface area contributed by atoms with Gasteiger partial charge in [0.1, 0.15) is 5.52 Å². The summed E-state index contributed by atoms with van der Waals surface area (Å²) in [6.45, 7) is 1.91. The standard InChI is InChI=1S/C20H13Cl2N5O3S/c1-2-10-9(6-7-13-15(10)23-17(19(29)30)27-26-13)8-14-18(28)25-20(31-14)24-16-11(21)4-3-5-12(16)22/h3-8H,2H2,1H3,(H,29,30)(H,24,25,28)/b14-8-. The van der Waals surface area contributed by atoms with Crippen LogP contribution in [-0.4, -0.2) is 37.3 Å². The smallest absolute Gasteiger partial charge is 0.375 e. The summed E-state index contributed by atoms with van der Waals surface area (Å²) in [7, 11) is 0. The molecule has 0 unspecified atom stereocenters. The maximum Gasteiger partial charge on any atom is 0.375 e. The van der Waals surface area contributed by atoms with Crippen LogP contribution in [-0.2, 0) is 11.2 Å². The second kappa shape index (κ2) is 8.62. The van der Waals surface area contributed by atoms with Gasteiger partial charge in [-0.2, -0.15) is 4.99 Å². The lowest BCUT2D eigenvalue weighted by Crippen LogP contribution is -2.07. The molecule has 1 amide bonds. The predicted octanol–water partition coefficient (Wildman–Crippen LogP) is 4.67. The second-order valence-corrected chi connectivity index (χ2v) is 8.19. The second-order valence-electron chi connectivity index (χ2n) is 6.35. The van der Waals surface area contributed by atoms with E-state index < -0.39 is 11.9 Å². The molecule has 4 rings (SSSR count). The fraction of sp³-hybridized carbons (Fsp3) is 0.100. The lowest BCUT2D eigenvalue weighted by molar-refractivity contribution is -0.113. The molecule has 11 heteroatoms. The van der Waals surface area contributed by atoms with Crippen molar-refractivity contribution in [2.45, 2.75) is 13.3 Å². The van der Waals surface area contributed by atoms with E-state index >= 15 is 0 Å². The molecule has 1 aliphatic rings. The van der Waals surface area contributed by atoms with Gasteiger partial charge in [0.05, 0.1) is 26.2 Å². The number of nitrogens with one attached hydrogen (secondary N) is 1. The molecule has 0 radical (unpaired) electrons. The zero-order valence-electron chi connectivity index (χ0n) is 15.9. The largest absolute Gasteiger partial charge is 0.475 e. The molecule has 0 spiro atoms. The summed E-state index contributed by atoms with van der Waals surface area (Å²) in [5, 5.41) is 20.9. The summed E-state index contributed by atoms with van der Waals surface area (Å²) in [6.07, 6.45) is 2.24. The van der Waals surface area contributed by atoms with Gasteiger partial charge < -0.3 is 10.4 Å². The van der Waals surface area contributed by atoms with E-state index in [0.717, 1.165) is 22.9 Å². The summed E-state index contributed by atoms with van der Waals surface area (Å²) < 4.78 is 0. The molecule has 0 atom stereocenters. The van der Waals surface area contributed by atoms with E-state index in [1.165, 1.54) is 0 Å². The fourth-order valence-corrected chi connectivity index (χ4v) is 4.30. The lowest BCUT2D eigenvalue weighted by atomic mass is 10.0. The Bertz CT molecular complexity index is 1290. The molecule has 2 heterocycles. The molecule has 0 aliphatic carbocycles. The first kappa shape index (κ1) is 21.2. The van der Waals surface area contributed by atoms with Crippen LogP contribution in [0.2, 0.25) is 10.0 Å². The Balaban J connectivity index is 1.67. The average Bonchev–Trinajstić information content (AvgIpc) is 3.09. The highest BCUT2D eigenvalue weighted by molar-refractivity contribution is 8.18. The number of carbonyl (C=O) groups excluding carboxylic acids is 1. The van der Waals surface area contributed by atoms with Gasteiger partial charge in [0.25, 0.3) is 11.7 Å². The molecular weight excluding hydrogens is 461 g/mol. The van der Waals surface area contributed by atoms with Gasteiger partial charge in [-0.3, -0.25) is 4.79 Å². The molecule has 8 nitrogen and oxygen atoms in total. The number of nitrogens with zero attached hydrogens (tertiary/aromatic N) is 4. The minimum atomic E-state index is -1.26. The Morgan fingerprint density at radius 1 is 1.19 bits per heavy atom. The number of para-hydroxylation sites is 1. The van der Waals surface area contributed by atoms with Crippen molar-refractivity contribution in [1.29, 1.82) is 0 Å². The van der Waals surface area contributed by atoms with Crippen LogP contribution in [0.5, 0.6) is 0 Å². The third-order valence-electron chi connectivity index (χ3n) is 4.41. The van der Waals surface area contributed by atoms with Crippen molar-refractivity contribution in [3.63, 3.8) is 0 Å². The SMILES string of the molecule is CCc1c(/C=C2\SC(Nc3c(Cl)cccc3Cl)=NC2=O)ccc2nnc(C(=O)O)nc12. The van der Waals surface area contributed by atoms with E-state index in [9.17, 15) is 9.59 Å². The van der Waals surface area contributed by atoms with E-state index in [0.29, 0.717) is 43.3 Å². The zero-order valence-corrected chi connectivity index (χ0v) is 18.2. The third kappa shape index (κ3) is 4.25. The third-order valence-corrected chi connectivity index (χ3v) is 5.94. The highest BCUT2D eigenvalue weighted by atomic mass is 35.5. The molecule has 2 aromatic carbocycles. The van der Waals surface area contributed by atoms with Crippen molar-refractivity contribution in [1.82, 2.24) is 15.2 Å². The number of carbonyl (C=O) groups is 2. The number of amidine groups is 1. The highest BCUT2D eigenvalue weighted by Crippen LogP contribution is 2.35. The number of hydrogen-bond donors (Lipinski definition) is 2. The number of anilines is 1. The van der Waals surface area contributed by atoms with Gasteiger partial charge >= 0.3 is 5.97 Å². The number of carboxylic acid groups (broad SMARTS) is 1. The Morgan fingerprint density at radius 2 is 1.94 bits per heavy atom. The number of aliphatic imine (C=N–C) groups is 1. The van der Waals surface area contributed by atoms with Gasteiger partial charge in [0.2, 0.25) is 0 Å². The zero-order chi connectivity index (χ0) is 22.1. The van der Waals surface area contributed by atoms with Gasteiger partial charge in [0.15, 0.2) is 5.17 Å². The molecular formula is C20H13Cl2N5O3S. The molecule has 2 N–H and O–H groups in total. The van der Waals surface area contributed by atoms with Crippen LogP contribution in [0.25, 0.3) is 17.1 Å². The van der Waals surface area contributed by atoms with Crippen molar-refractivity contribution < 1.29 is 14.7 Å². The van der Waals surface area contributed by atoms with Crippen LogP contribution < -0.4 is 5.32 Å². The first-order valence-corrected chi connectivity index (χ1v) is 10.6. The van der Waals surface area contributed by atoms with Crippen molar-refractivity contribution in [3.8, 4) is 0 Å². The molecule has 0 bridgehead atoms. The van der Waals surface area contributed by atoms with E-state index in [4.69, 9.17) is 28.3 Å². The van der Waals surface area contributed by atoms with Crippen LogP contribution >= 0.6 is 35.0 Å². The number of aromatic nitrogens is 3. The first-order valence-electron chi connectivity index (χ1n) is 9.00. The Hall–Kier alpha value is -3.01. The number of carboxylic acids is 1. The van der Waals surface area contributed by atoms with Crippen LogP contribution in [0.3, 0.4) is 0 Å². The summed E-state index contributed by atoms with van der Waals surface area (Å²) in [6, 6.07) is 8.54. The topological polar surface area (TPSA) is 117 Å². The molecule has 0 saturated heterocycles. The van der Waals surface area contributed by atoms with Crippen LogP contribution in [0, 0.1) is 0 Å². The average molecular weight is 474 g/mol. The minimum Gasteiger partial charge on any atom is -0.475 e. The quantitative estimate of drug-likeness (QED) is 0.524. The maximum absolute atomic E-state index is 12.5. The van der Waals surface area contributed by atoms with E-state index in [-0.39, 0.29) is 5.82 Å². The number of halogens is 2. The normalized spacial score (nSPS) is 14.9. The molecule has 1 aliphatic heterocycles. The first-order chi connectivity index (χ1) is 14.9. The van der Waals surface area contributed by atoms with Gasteiger partial charge in [0, 0.05) is 0 Å². The lowest BCUT2D eigenvalue weighted by Gasteiger charge is -2.09. The fourth-order valence-electron chi connectivity index (χ4n) is 3.00. The van der Waals surface area contributed by atoms with Gasteiger partial charge in [-0.15, -0.1) is 10.2 Å².